The molecular formula is C17H22ClN3O2. The van der Waals surface area contributed by atoms with Gasteiger partial charge in [0.05, 0.1) is 16.6 Å². The number of likely N-dealkylation sites (N-methyl/N-ethyl adjacent to an activating group) is 1. The number of amides is 2. The van der Waals surface area contributed by atoms with Gasteiger partial charge in [0.15, 0.2) is 0 Å². The molecule has 2 saturated heterocycles. The molecule has 5 nitrogen and oxygen atoms in total. The number of halogens is 1. The van der Waals surface area contributed by atoms with Crippen LogP contribution in [0.15, 0.2) is 24.3 Å². The Bertz CT molecular complexity index is 607. The van der Waals surface area contributed by atoms with Gasteiger partial charge >= 0.3 is 0 Å². The molecule has 2 atom stereocenters. The number of benzene rings is 1. The summed E-state index contributed by atoms with van der Waals surface area (Å²) >= 11 is 6.19. The van der Waals surface area contributed by atoms with Crippen molar-refractivity contribution in [1.82, 2.24) is 10.2 Å². The minimum atomic E-state index is -0.267. The third kappa shape index (κ3) is 3.21. The summed E-state index contributed by atoms with van der Waals surface area (Å²) in [5.41, 5.74) is 0.697. The summed E-state index contributed by atoms with van der Waals surface area (Å²) in [6.07, 6.45) is 2.33. The maximum absolute atomic E-state index is 12.8. The number of likely N-dealkylation sites (tertiary alicyclic amines) is 1. The normalized spacial score (nSPS) is 24.5. The number of para-hydroxylation sites is 1. The lowest BCUT2D eigenvalue weighted by Gasteiger charge is -2.27. The van der Waals surface area contributed by atoms with Gasteiger partial charge in [-0.15, -0.1) is 0 Å². The fourth-order valence-electron chi connectivity index (χ4n) is 3.58. The molecule has 0 spiro atoms. The monoisotopic (exact) mass is 335 g/mol. The van der Waals surface area contributed by atoms with Gasteiger partial charge in [-0.1, -0.05) is 23.7 Å². The van der Waals surface area contributed by atoms with E-state index in [1.165, 1.54) is 0 Å². The van der Waals surface area contributed by atoms with Gasteiger partial charge < -0.3 is 15.1 Å². The lowest BCUT2D eigenvalue weighted by Crippen LogP contribution is -2.44. The molecule has 124 valence electrons. The van der Waals surface area contributed by atoms with Crippen LogP contribution in [0, 0.1) is 5.92 Å². The molecule has 0 unspecified atom stereocenters. The molecule has 1 N–H and O–H groups in total. The number of carbonyl (C=O) groups is 2. The van der Waals surface area contributed by atoms with Crippen molar-refractivity contribution in [3.63, 3.8) is 0 Å². The van der Waals surface area contributed by atoms with Crippen molar-refractivity contribution >= 4 is 29.1 Å². The van der Waals surface area contributed by atoms with Crippen LogP contribution in [0.1, 0.15) is 19.3 Å². The fourth-order valence-corrected chi connectivity index (χ4v) is 3.82. The van der Waals surface area contributed by atoms with Crippen molar-refractivity contribution in [2.45, 2.75) is 25.3 Å². The van der Waals surface area contributed by atoms with Crippen molar-refractivity contribution in [3.8, 4) is 0 Å². The van der Waals surface area contributed by atoms with Gasteiger partial charge in [-0.25, -0.2) is 0 Å². The molecule has 6 heteroatoms. The smallest absolute Gasteiger partial charge is 0.228 e. The van der Waals surface area contributed by atoms with Gasteiger partial charge in [0.2, 0.25) is 11.8 Å². The van der Waals surface area contributed by atoms with Crippen molar-refractivity contribution in [2.75, 3.05) is 31.6 Å². The first-order chi connectivity index (χ1) is 11.1. The van der Waals surface area contributed by atoms with E-state index >= 15 is 0 Å². The average Bonchev–Trinajstić information content (AvgIpc) is 3.14. The molecule has 2 fully saturated rings. The summed E-state index contributed by atoms with van der Waals surface area (Å²) < 4.78 is 0. The van der Waals surface area contributed by atoms with E-state index in [0.29, 0.717) is 17.3 Å². The summed E-state index contributed by atoms with van der Waals surface area (Å²) in [6, 6.07) is 7.53. The van der Waals surface area contributed by atoms with E-state index in [9.17, 15) is 9.59 Å². The Morgan fingerprint density at radius 1 is 1.39 bits per heavy atom. The second-order valence-electron chi connectivity index (χ2n) is 6.24. The molecule has 2 amide bonds. The first-order valence-corrected chi connectivity index (χ1v) is 8.49. The summed E-state index contributed by atoms with van der Waals surface area (Å²) in [7, 11) is 1.90. The summed E-state index contributed by atoms with van der Waals surface area (Å²) in [6.45, 7) is 2.02. The highest BCUT2D eigenvalue weighted by atomic mass is 35.5. The van der Waals surface area contributed by atoms with E-state index in [-0.39, 0.29) is 30.2 Å². The lowest BCUT2D eigenvalue weighted by molar-refractivity contribution is -0.136. The second kappa shape index (κ2) is 6.89. The topological polar surface area (TPSA) is 52.7 Å². The lowest BCUT2D eigenvalue weighted by atomic mass is 10.1. The SMILES string of the molecule is CNC[C@H]1CCCN1C(=O)[C@H]1CC(=O)N(c2ccccc2Cl)C1. The van der Waals surface area contributed by atoms with Crippen molar-refractivity contribution < 1.29 is 9.59 Å². The Hall–Kier alpha value is -1.59. The first kappa shape index (κ1) is 16.3. The number of hydrogen-bond acceptors (Lipinski definition) is 3. The average molecular weight is 336 g/mol. The number of anilines is 1. The molecule has 1 aromatic carbocycles. The molecule has 1 aromatic rings. The zero-order valence-electron chi connectivity index (χ0n) is 13.3. The second-order valence-corrected chi connectivity index (χ2v) is 6.65. The summed E-state index contributed by atoms with van der Waals surface area (Å²) in [5.74, 6) is -0.192. The van der Waals surface area contributed by atoms with E-state index < -0.39 is 0 Å². The maximum Gasteiger partial charge on any atom is 0.228 e. The van der Waals surface area contributed by atoms with Gasteiger partial charge in [-0.2, -0.15) is 0 Å². The van der Waals surface area contributed by atoms with E-state index in [4.69, 9.17) is 11.6 Å². The maximum atomic E-state index is 12.8. The predicted octanol–water partition coefficient (Wildman–Crippen LogP) is 1.90. The number of carbonyl (C=O) groups excluding carboxylic acids is 2. The first-order valence-electron chi connectivity index (χ1n) is 8.11. The molecule has 0 saturated carbocycles. The highest BCUT2D eigenvalue weighted by Crippen LogP contribution is 2.32. The molecule has 23 heavy (non-hydrogen) atoms. The molecule has 2 heterocycles. The van der Waals surface area contributed by atoms with Crippen molar-refractivity contribution in [1.29, 1.82) is 0 Å². The molecule has 0 aromatic heterocycles. The van der Waals surface area contributed by atoms with E-state index in [1.807, 2.05) is 30.1 Å². The number of nitrogens with one attached hydrogen (secondary N) is 1. The van der Waals surface area contributed by atoms with Crippen molar-refractivity contribution in [3.05, 3.63) is 29.3 Å². The summed E-state index contributed by atoms with van der Waals surface area (Å²) in [5, 5.41) is 3.69. The zero-order chi connectivity index (χ0) is 16.4. The van der Waals surface area contributed by atoms with Crippen LogP contribution in [0.3, 0.4) is 0 Å². The van der Waals surface area contributed by atoms with Crippen LogP contribution in [0.5, 0.6) is 0 Å². The fraction of sp³-hybridized carbons (Fsp3) is 0.529. The molecule has 2 aliphatic rings. The predicted molar refractivity (Wildman–Crippen MR) is 90.6 cm³/mol. The van der Waals surface area contributed by atoms with Crippen LogP contribution < -0.4 is 10.2 Å². The van der Waals surface area contributed by atoms with Crippen molar-refractivity contribution in [2.24, 2.45) is 5.92 Å². The van der Waals surface area contributed by atoms with Gasteiger partial charge in [-0.05, 0) is 32.0 Å². The van der Waals surface area contributed by atoms with Gasteiger partial charge in [-0.3, -0.25) is 9.59 Å². The standard InChI is InChI=1S/C17H22ClN3O2/c1-19-10-13-5-4-8-20(13)17(23)12-9-16(22)21(11-12)15-7-3-2-6-14(15)18/h2-3,6-7,12-13,19H,4-5,8-11H2,1H3/t12-,13+/m0/s1. The Morgan fingerprint density at radius 2 is 2.17 bits per heavy atom. The highest BCUT2D eigenvalue weighted by Gasteiger charge is 2.40. The minimum Gasteiger partial charge on any atom is -0.338 e. The molecule has 0 aliphatic carbocycles. The Labute approximate surface area is 141 Å². The van der Waals surface area contributed by atoms with Crippen LogP contribution >= 0.6 is 11.6 Å². The number of hydrogen-bond donors (Lipinski definition) is 1. The van der Waals surface area contributed by atoms with Crippen LogP contribution in [0.2, 0.25) is 5.02 Å². The van der Waals surface area contributed by atoms with Gasteiger partial charge in [0.1, 0.15) is 0 Å². The summed E-state index contributed by atoms with van der Waals surface area (Å²) in [4.78, 5) is 28.8. The quantitative estimate of drug-likeness (QED) is 0.914. The van der Waals surface area contributed by atoms with Gasteiger partial charge in [0.25, 0.3) is 0 Å². The molecule has 3 rings (SSSR count). The molecule has 0 bridgehead atoms. The van der Waals surface area contributed by atoms with E-state index in [2.05, 4.69) is 5.32 Å². The highest BCUT2D eigenvalue weighted by molar-refractivity contribution is 6.33. The van der Waals surface area contributed by atoms with Crippen LogP contribution in [-0.2, 0) is 9.59 Å². The van der Waals surface area contributed by atoms with Crippen LogP contribution in [-0.4, -0.2) is 49.4 Å². The minimum absolute atomic E-state index is 0.0270. The Balaban J connectivity index is 1.72. The third-order valence-electron chi connectivity index (χ3n) is 4.72. The van der Waals surface area contributed by atoms with E-state index in [0.717, 1.165) is 25.9 Å². The van der Waals surface area contributed by atoms with Gasteiger partial charge in [0, 0.05) is 32.1 Å². The Kier molecular flexibility index (Phi) is 4.87. The van der Waals surface area contributed by atoms with Crippen LogP contribution in [0.4, 0.5) is 5.69 Å². The van der Waals surface area contributed by atoms with Crippen LogP contribution in [0.25, 0.3) is 0 Å². The molecule has 0 radical (unpaired) electrons. The molecule has 2 aliphatic heterocycles. The Morgan fingerprint density at radius 3 is 2.91 bits per heavy atom. The molecular weight excluding hydrogens is 314 g/mol. The largest absolute Gasteiger partial charge is 0.338 e. The third-order valence-corrected chi connectivity index (χ3v) is 5.04. The number of nitrogens with zero attached hydrogens (tertiary/aromatic N) is 2. The van der Waals surface area contributed by atoms with E-state index in [1.54, 1.807) is 11.0 Å². The zero-order valence-corrected chi connectivity index (χ0v) is 14.1. The number of rotatable bonds is 4.